The lowest BCUT2D eigenvalue weighted by Crippen LogP contribution is -2.18. The normalized spacial score (nSPS) is 20.2. The molecule has 1 aromatic carbocycles. The van der Waals surface area contributed by atoms with E-state index < -0.39 is 0 Å². The molecule has 0 radical (unpaired) electrons. The highest BCUT2D eigenvalue weighted by molar-refractivity contribution is 5.70. The second-order valence-corrected chi connectivity index (χ2v) is 4.12. The predicted molar refractivity (Wildman–Crippen MR) is 57.8 cm³/mol. The van der Waals surface area contributed by atoms with Crippen LogP contribution in [0.25, 0.3) is 0 Å². The second kappa shape index (κ2) is 3.93. The summed E-state index contributed by atoms with van der Waals surface area (Å²) in [5.74, 6) is 0.503. The van der Waals surface area contributed by atoms with Crippen LogP contribution < -0.4 is 5.32 Å². The van der Waals surface area contributed by atoms with Crippen LogP contribution in [-0.4, -0.2) is 12.7 Å². The summed E-state index contributed by atoms with van der Waals surface area (Å²) in [5, 5.41) is 2.78. The molecule has 15 heavy (non-hydrogen) atoms. The Morgan fingerprint density at radius 2 is 2.27 bits per heavy atom. The van der Waals surface area contributed by atoms with Gasteiger partial charge in [0, 0.05) is 0 Å². The van der Waals surface area contributed by atoms with Crippen molar-refractivity contribution in [2.45, 2.75) is 25.8 Å². The van der Waals surface area contributed by atoms with Gasteiger partial charge in [0.05, 0.1) is 6.04 Å². The molecule has 1 aliphatic rings. The quantitative estimate of drug-likeness (QED) is 0.805. The summed E-state index contributed by atoms with van der Waals surface area (Å²) in [4.78, 5) is 10.9. The lowest BCUT2D eigenvalue weighted by molar-refractivity contribution is 0.177. The molecule has 0 bridgehead atoms. The third-order valence-corrected chi connectivity index (χ3v) is 2.65. The van der Waals surface area contributed by atoms with Gasteiger partial charge < -0.3 is 10.1 Å². The Labute approximate surface area is 89.4 Å². The van der Waals surface area contributed by atoms with E-state index in [9.17, 15) is 4.79 Å². The molecule has 0 spiro atoms. The van der Waals surface area contributed by atoms with E-state index in [1.165, 1.54) is 5.56 Å². The van der Waals surface area contributed by atoms with Crippen LogP contribution in [0.15, 0.2) is 24.3 Å². The topological polar surface area (TPSA) is 38.3 Å². The van der Waals surface area contributed by atoms with Crippen molar-refractivity contribution in [3.05, 3.63) is 35.4 Å². The Hall–Kier alpha value is -1.51. The van der Waals surface area contributed by atoms with E-state index in [0.717, 1.165) is 5.56 Å². The van der Waals surface area contributed by atoms with Crippen LogP contribution in [0.4, 0.5) is 4.79 Å². The Morgan fingerprint density at radius 3 is 2.87 bits per heavy atom. The summed E-state index contributed by atoms with van der Waals surface area (Å²) < 4.78 is 4.87. The molecule has 1 amide bonds. The zero-order valence-corrected chi connectivity index (χ0v) is 8.99. The van der Waals surface area contributed by atoms with Crippen molar-refractivity contribution in [2.24, 2.45) is 0 Å². The minimum absolute atomic E-state index is 0.0104. The number of alkyl carbamates (subject to hydrolysis) is 1. The van der Waals surface area contributed by atoms with Crippen molar-refractivity contribution in [2.75, 3.05) is 6.61 Å². The van der Waals surface area contributed by atoms with E-state index in [-0.39, 0.29) is 12.1 Å². The fraction of sp³-hybridized carbons (Fsp3) is 0.417. The first-order valence-corrected chi connectivity index (χ1v) is 5.20. The van der Waals surface area contributed by atoms with Gasteiger partial charge in [-0.15, -0.1) is 0 Å². The molecule has 1 aliphatic heterocycles. The Bertz CT molecular complexity index is 374. The lowest BCUT2D eigenvalue weighted by atomic mass is 9.98. The highest BCUT2D eigenvalue weighted by Crippen LogP contribution is 2.22. The van der Waals surface area contributed by atoms with Crippen LogP contribution in [-0.2, 0) is 4.74 Å². The van der Waals surface area contributed by atoms with Crippen LogP contribution in [0.5, 0.6) is 0 Å². The smallest absolute Gasteiger partial charge is 0.407 e. The van der Waals surface area contributed by atoms with Gasteiger partial charge in [-0.1, -0.05) is 38.1 Å². The Morgan fingerprint density at radius 1 is 1.47 bits per heavy atom. The number of cyclic esters (lactones) is 1. The molecule has 0 aromatic heterocycles. The molecule has 1 fully saturated rings. The van der Waals surface area contributed by atoms with Gasteiger partial charge in [-0.3, -0.25) is 0 Å². The zero-order chi connectivity index (χ0) is 10.8. The molecule has 0 saturated carbocycles. The molecular formula is C12H15NO2. The third-order valence-electron chi connectivity index (χ3n) is 2.65. The van der Waals surface area contributed by atoms with Gasteiger partial charge >= 0.3 is 6.09 Å². The fourth-order valence-corrected chi connectivity index (χ4v) is 1.70. The number of carbonyl (C=O) groups excluding carboxylic acids is 1. The van der Waals surface area contributed by atoms with Gasteiger partial charge in [-0.25, -0.2) is 4.79 Å². The summed E-state index contributed by atoms with van der Waals surface area (Å²) in [6.07, 6.45) is -0.324. The number of hydrogen-bond acceptors (Lipinski definition) is 2. The molecule has 0 unspecified atom stereocenters. The molecule has 1 aromatic rings. The van der Waals surface area contributed by atoms with Crippen molar-refractivity contribution in [3.63, 3.8) is 0 Å². The van der Waals surface area contributed by atoms with Gasteiger partial charge in [0.25, 0.3) is 0 Å². The molecule has 1 N–H and O–H groups in total. The molecule has 3 nitrogen and oxygen atoms in total. The summed E-state index contributed by atoms with van der Waals surface area (Å²) >= 11 is 0. The van der Waals surface area contributed by atoms with E-state index in [4.69, 9.17) is 4.74 Å². The number of rotatable bonds is 2. The first kappa shape index (κ1) is 10.0. The Kier molecular flexibility index (Phi) is 2.62. The predicted octanol–water partition coefficient (Wildman–Crippen LogP) is 2.59. The first-order chi connectivity index (χ1) is 7.16. The van der Waals surface area contributed by atoms with Gasteiger partial charge in [0.1, 0.15) is 6.61 Å². The van der Waals surface area contributed by atoms with Crippen molar-refractivity contribution >= 4 is 6.09 Å². The number of carbonyl (C=O) groups is 1. The summed E-state index contributed by atoms with van der Waals surface area (Å²) in [6.45, 7) is 4.74. The molecule has 80 valence electrons. The molecule has 1 saturated heterocycles. The average molecular weight is 205 g/mol. The largest absolute Gasteiger partial charge is 0.447 e. The highest BCUT2D eigenvalue weighted by atomic mass is 16.6. The van der Waals surface area contributed by atoms with Crippen molar-refractivity contribution in [1.82, 2.24) is 5.32 Å². The zero-order valence-electron chi connectivity index (χ0n) is 8.99. The van der Waals surface area contributed by atoms with Crippen molar-refractivity contribution < 1.29 is 9.53 Å². The van der Waals surface area contributed by atoms with Gasteiger partial charge in [-0.05, 0) is 17.0 Å². The molecule has 0 aliphatic carbocycles. The van der Waals surface area contributed by atoms with E-state index in [1.807, 2.05) is 12.1 Å². The number of ether oxygens (including phenoxy) is 1. The maximum Gasteiger partial charge on any atom is 0.407 e. The van der Waals surface area contributed by atoms with Crippen molar-refractivity contribution in [1.29, 1.82) is 0 Å². The van der Waals surface area contributed by atoms with Crippen LogP contribution in [0.2, 0.25) is 0 Å². The number of amides is 1. The minimum Gasteiger partial charge on any atom is -0.447 e. The van der Waals surface area contributed by atoms with Crippen LogP contribution in [0, 0.1) is 0 Å². The highest BCUT2D eigenvalue weighted by Gasteiger charge is 2.23. The van der Waals surface area contributed by atoms with E-state index in [1.54, 1.807) is 0 Å². The van der Waals surface area contributed by atoms with Gasteiger partial charge in [0.2, 0.25) is 0 Å². The number of nitrogens with one attached hydrogen (secondary N) is 1. The number of benzene rings is 1. The van der Waals surface area contributed by atoms with Crippen LogP contribution in [0.1, 0.15) is 36.9 Å². The molecule has 1 heterocycles. The number of hydrogen-bond donors (Lipinski definition) is 1. The maximum absolute atomic E-state index is 10.9. The third kappa shape index (κ3) is 2.12. The lowest BCUT2D eigenvalue weighted by Gasteiger charge is -2.11. The average Bonchev–Trinajstić information content (AvgIpc) is 2.65. The monoisotopic (exact) mass is 205 g/mol. The minimum atomic E-state index is -0.324. The SMILES string of the molecule is CC(C)c1cccc([C@@H]2COC(=O)N2)c1. The van der Waals surface area contributed by atoms with Gasteiger partial charge in [-0.2, -0.15) is 0 Å². The summed E-state index contributed by atoms with van der Waals surface area (Å²) in [5.41, 5.74) is 2.40. The van der Waals surface area contributed by atoms with E-state index in [0.29, 0.717) is 12.5 Å². The second-order valence-electron chi connectivity index (χ2n) is 4.12. The Balaban J connectivity index is 2.21. The summed E-state index contributed by atoms with van der Waals surface area (Å²) in [6, 6.07) is 8.28. The van der Waals surface area contributed by atoms with E-state index in [2.05, 4.69) is 31.3 Å². The molecular weight excluding hydrogens is 190 g/mol. The first-order valence-electron chi connectivity index (χ1n) is 5.20. The fourth-order valence-electron chi connectivity index (χ4n) is 1.70. The van der Waals surface area contributed by atoms with Crippen molar-refractivity contribution in [3.8, 4) is 0 Å². The molecule has 3 heteroatoms. The van der Waals surface area contributed by atoms with Gasteiger partial charge in [0.15, 0.2) is 0 Å². The molecule has 2 rings (SSSR count). The van der Waals surface area contributed by atoms with Crippen LogP contribution >= 0.6 is 0 Å². The van der Waals surface area contributed by atoms with E-state index >= 15 is 0 Å². The standard InChI is InChI=1S/C12H15NO2/c1-8(2)9-4-3-5-10(6-9)11-7-15-12(14)13-11/h3-6,8,11H,7H2,1-2H3,(H,13,14)/t11-/m0/s1. The maximum atomic E-state index is 10.9. The molecule has 1 atom stereocenters. The van der Waals surface area contributed by atoms with Crippen LogP contribution in [0.3, 0.4) is 0 Å². The summed E-state index contributed by atoms with van der Waals surface area (Å²) in [7, 11) is 0.